The smallest absolute Gasteiger partial charge is 0.188 e. The van der Waals surface area contributed by atoms with Gasteiger partial charge in [-0.25, -0.2) is 0 Å². The molecule has 1 atom stereocenters. The largest absolute Gasteiger partial charge is 0.432 e. The molecule has 0 spiro atoms. The number of nitrogens with two attached hydrogens (primary N) is 1. The first kappa shape index (κ1) is 23.6. The Labute approximate surface area is 163 Å². The zero-order chi connectivity index (χ0) is 20.4. The average molecular weight is 396 g/mol. The monoisotopic (exact) mass is 395 g/mol. The van der Waals surface area contributed by atoms with Crippen LogP contribution in [0, 0.1) is 0 Å². The van der Waals surface area contributed by atoms with Gasteiger partial charge in [0.05, 0.1) is 0 Å². The maximum atomic E-state index is 10.5. The van der Waals surface area contributed by atoms with Crippen LogP contribution < -0.4 is 5.73 Å². The first-order valence-corrected chi connectivity index (χ1v) is 15.7. The van der Waals surface area contributed by atoms with Crippen LogP contribution in [0.5, 0.6) is 0 Å². The Morgan fingerprint density at radius 3 is 1.69 bits per heavy atom. The minimum absolute atomic E-state index is 0.0129. The molecule has 0 bridgehead atoms. The van der Waals surface area contributed by atoms with Crippen LogP contribution >= 0.6 is 0 Å². The van der Waals surface area contributed by atoms with Crippen LogP contribution in [-0.2, 0) is 12.8 Å². The molecule has 1 aromatic rings. The van der Waals surface area contributed by atoms with Crippen LogP contribution in [0.15, 0.2) is 24.3 Å². The molecule has 0 aliphatic rings. The molecular weight excluding hydrogens is 354 g/mol. The lowest BCUT2D eigenvalue weighted by molar-refractivity contribution is 0.425. The van der Waals surface area contributed by atoms with Gasteiger partial charge in [0.1, 0.15) is 0 Å². The molecular formula is C21H41NO2Si2. The average Bonchev–Trinajstić information content (AvgIpc) is 2.45. The molecule has 1 aromatic carbocycles. The number of hydrogen-bond acceptors (Lipinski definition) is 3. The summed E-state index contributed by atoms with van der Waals surface area (Å²) in [6.07, 6.45) is 3.67. The van der Waals surface area contributed by atoms with Gasteiger partial charge in [-0.2, -0.15) is 0 Å². The van der Waals surface area contributed by atoms with Crippen LogP contribution in [0.3, 0.4) is 0 Å². The molecule has 3 nitrogen and oxygen atoms in total. The first-order valence-electron chi connectivity index (χ1n) is 9.83. The zero-order valence-electron chi connectivity index (χ0n) is 18.2. The molecule has 0 unspecified atom stereocenters. The molecule has 26 heavy (non-hydrogen) atoms. The fourth-order valence-electron chi connectivity index (χ4n) is 2.78. The first-order chi connectivity index (χ1) is 11.6. The zero-order valence-corrected chi connectivity index (χ0v) is 20.2. The molecule has 0 aliphatic carbocycles. The highest BCUT2D eigenvalue weighted by Crippen LogP contribution is 2.40. The van der Waals surface area contributed by atoms with Crippen molar-refractivity contribution in [1.82, 2.24) is 0 Å². The minimum Gasteiger partial charge on any atom is -0.432 e. The molecule has 4 N–H and O–H groups in total. The van der Waals surface area contributed by atoms with Gasteiger partial charge in [-0.1, -0.05) is 52.0 Å². The molecule has 0 saturated carbocycles. The highest BCUT2D eigenvalue weighted by atomic mass is 28.4. The predicted molar refractivity (Wildman–Crippen MR) is 119 cm³/mol. The summed E-state index contributed by atoms with van der Waals surface area (Å²) in [4.78, 5) is 20.9. The van der Waals surface area contributed by atoms with E-state index in [9.17, 15) is 9.59 Å². The van der Waals surface area contributed by atoms with Crippen molar-refractivity contribution in [2.24, 2.45) is 5.73 Å². The van der Waals surface area contributed by atoms with E-state index >= 15 is 0 Å². The van der Waals surface area contributed by atoms with Gasteiger partial charge in [-0.15, -0.1) is 0 Å². The Hall–Kier alpha value is -0.466. The van der Waals surface area contributed by atoms with Crippen molar-refractivity contribution >= 4 is 16.6 Å². The van der Waals surface area contributed by atoms with E-state index in [2.05, 4.69) is 52.0 Å². The van der Waals surface area contributed by atoms with Crippen LogP contribution in [-0.4, -0.2) is 32.3 Å². The molecule has 0 radical (unpaired) electrons. The van der Waals surface area contributed by atoms with E-state index in [4.69, 9.17) is 5.73 Å². The minimum atomic E-state index is -2.19. The van der Waals surface area contributed by atoms with Crippen LogP contribution in [0.2, 0.25) is 36.3 Å². The standard InChI is InChI=1S/C21H41NO2Si2/c1-20(2,25(5,6)23)14-13-19(22)15-17-9-11-18(12-10-17)16-21(3,4)26(7,8)24/h9-12,19,23-24H,13-16,22H2,1-8H3/t19-/m0/s1. The van der Waals surface area contributed by atoms with E-state index in [0.717, 1.165) is 25.7 Å². The van der Waals surface area contributed by atoms with E-state index in [-0.39, 0.29) is 16.1 Å². The van der Waals surface area contributed by atoms with Crippen LogP contribution in [0.1, 0.15) is 51.7 Å². The molecule has 0 aliphatic heterocycles. The van der Waals surface area contributed by atoms with Crippen molar-refractivity contribution in [3.63, 3.8) is 0 Å². The summed E-state index contributed by atoms with van der Waals surface area (Å²) >= 11 is 0. The second-order valence-electron chi connectivity index (χ2n) is 10.4. The van der Waals surface area contributed by atoms with E-state index < -0.39 is 16.6 Å². The van der Waals surface area contributed by atoms with Crippen molar-refractivity contribution in [2.45, 2.75) is 95.7 Å². The van der Waals surface area contributed by atoms with Crippen molar-refractivity contribution < 1.29 is 9.59 Å². The number of hydrogen-bond donors (Lipinski definition) is 3. The fraction of sp³-hybridized carbons (Fsp3) is 0.714. The Morgan fingerprint density at radius 2 is 1.27 bits per heavy atom. The summed E-state index contributed by atoms with van der Waals surface area (Å²) in [6, 6.07) is 8.83. The van der Waals surface area contributed by atoms with Crippen molar-refractivity contribution in [3.8, 4) is 0 Å². The molecule has 0 amide bonds. The Morgan fingerprint density at radius 1 is 0.846 bits per heavy atom. The molecule has 1 rings (SSSR count). The molecule has 0 heterocycles. The van der Waals surface area contributed by atoms with Crippen LogP contribution in [0.4, 0.5) is 0 Å². The lowest BCUT2D eigenvalue weighted by Crippen LogP contribution is -2.40. The summed E-state index contributed by atoms with van der Waals surface area (Å²) < 4.78 is 0. The Balaban J connectivity index is 2.62. The van der Waals surface area contributed by atoms with E-state index in [1.807, 2.05) is 26.2 Å². The fourth-order valence-corrected chi connectivity index (χ4v) is 4.17. The van der Waals surface area contributed by atoms with Gasteiger partial charge >= 0.3 is 0 Å². The van der Waals surface area contributed by atoms with Gasteiger partial charge in [0.2, 0.25) is 0 Å². The summed E-state index contributed by atoms with van der Waals surface area (Å²) in [7, 11) is -4.35. The predicted octanol–water partition coefficient (Wildman–Crippen LogP) is 4.83. The van der Waals surface area contributed by atoms with Crippen molar-refractivity contribution in [1.29, 1.82) is 0 Å². The third-order valence-corrected chi connectivity index (χ3v) is 13.7. The maximum absolute atomic E-state index is 10.5. The van der Waals surface area contributed by atoms with E-state index in [1.165, 1.54) is 11.1 Å². The molecule has 0 aromatic heterocycles. The number of rotatable bonds is 9. The summed E-state index contributed by atoms with van der Waals surface area (Å²) in [5, 5.41) is -0.0570. The van der Waals surface area contributed by atoms with E-state index in [0.29, 0.717) is 0 Å². The molecule has 150 valence electrons. The van der Waals surface area contributed by atoms with Gasteiger partial charge in [-0.05, 0) is 73.1 Å². The lowest BCUT2D eigenvalue weighted by atomic mass is 9.96. The SMILES string of the molecule is CC(C)(CC[C@H](N)Cc1ccc(CC(C)(C)[Si](C)(C)O)cc1)[Si](C)(C)O. The highest BCUT2D eigenvalue weighted by Gasteiger charge is 2.38. The highest BCUT2D eigenvalue weighted by molar-refractivity contribution is 6.73. The summed E-state index contributed by atoms with van der Waals surface area (Å²) in [5.41, 5.74) is 8.90. The van der Waals surface area contributed by atoms with Crippen LogP contribution in [0.25, 0.3) is 0 Å². The van der Waals surface area contributed by atoms with Gasteiger partial charge in [0, 0.05) is 6.04 Å². The summed E-state index contributed by atoms with van der Waals surface area (Å²) in [6.45, 7) is 16.7. The normalized spacial score (nSPS) is 15.2. The quantitative estimate of drug-likeness (QED) is 0.524. The van der Waals surface area contributed by atoms with Crippen molar-refractivity contribution in [2.75, 3.05) is 0 Å². The Bertz CT molecular complexity index is 569. The third-order valence-electron chi connectivity index (χ3n) is 6.62. The Kier molecular flexibility index (Phi) is 7.50. The van der Waals surface area contributed by atoms with Gasteiger partial charge in [-0.3, -0.25) is 0 Å². The summed E-state index contributed by atoms with van der Waals surface area (Å²) in [5.74, 6) is 0. The molecule has 5 heteroatoms. The number of benzene rings is 1. The second-order valence-corrected chi connectivity index (χ2v) is 19.3. The van der Waals surface area contributed by atoms with Crippen molar-refractivity contribution in [3.05, 3.63) is 35.4 Å². The van der Waals surface area contributed by atoms with Gasteiger partial charge in [0.15, 0.2) is 16.6 Å². The molecule has 0 fully saturated rings. The lowest BCUT2D eigenvalue weighted by Gasteiger charge is -2.35. The van der Waals surface area contributed by atoms with Gasteiger partial charge in [0.25, 0.3) is 0 Å². The third kappa shape index (κ3) is 6.61. The molecule has 0 saturated heterocycles. The second kappa shape index (κ2) is 8.27. The topological polar surface area (TPSA) is 66.5 Å². The maximum Gasteiger partial charge on any atom is 0.188 e. The van der Waals surface area contributed by atoms with E-state index in [1.54, 1.807) is 0 Å². The van der Waals surface area contributed by atoms with Gasteiger partial charge < -0.3 is 15.3 Å².